The van der Waals surface area contributed by atoms with Crippen molar-refractivity contribution in [1.82, 2.24) is 9.97 Å². The first-order chi connectivity index (χ1) is 18.1. The molecule has 0 spiro atoms. The van der Waals surface area contributed by atoms with Gasteiger partial charge in [0.15, 0.2) is 0 Å². The Morgan fingerprint density at radius 3 is 2.43 bits per heavy atom. The smallest absolute Gasteiger partial charge is 0.237 e. The van der Waals surface area contributed by atoms with Gasteiger partial charge in [0.1, 0.15) is 22.6 Å². The summed E-state index contributed by atoms with van der Waals surface area (Å²) in [6.45, 7) is 1.93. The molecule has 0 fully saturated rings. The van der Waals surface area contributed by atoms with Gasteiger partial charge in [-0.1, -0.05) is 49.0 Å². The molecule has 1 amide bonds. The van der Waals surface area contributed by atoms with Gasteiger partial charge in [-0.25, -0.2) is 4.98 Å². The number of benzene rings is 2. The van der Waals surface area contributed by atoms with Crippen molar-refractivity contribution in [3.05, 3.63) is 84.7 Å². The maximum absolute atomic E-state index is 13.1. The van der Waals surface area contributed by atoms with Gasteiger partial charge in [0.2, 0.25) is 5.91 Å². The number of aromatic nitrogens is 2. The first-order valence-corrected chi connectivity index (χ1v) is 12.6. The topological polar surface area (TPSA) is 97.1 Å². The van der Waals surface area contributed by atoms with E-state index in [-0.39, 0.29) is 5.91 Å². The SMILES string of the molecule is CCC(Sc1nc(-c2ccccc2)cc(-c2cc(OC)ccc2OC)c1C#N)C(=O)Nc1ccncc1. The Morgan fingerprint density at radius 1 is 1.03 bits per heavy atom. The monoisotopic (exact) mass is 510 g/mol. The normalized spacial score (nSPS) is 11.3. The summed E-state index contributed by atoms with van der Waals surface area (Å²) in [6, 6.07) is 22.9. The van der Waals surface area contributed by atoms with E-state index in [1.54, 1.807) is 44.8 Å². The highest BCUT2D eigenvalue weighted by Gasteiger charge is 2.24. The summed E-state index contributed by atoms with van der Waals surface area (Å²) in [5.74, 6) is 1.06. The second-order valence-corrected chi connectivity index (χ2v) is 9.21. The Hall–Kier alpha value is -4.35. The Balaban J connectivity index is 1.84. The minimum absolute atomic E-state index is 0.171. The maximum Gasteiger partial charge on any atom is 0.237 e. The number of pyridine rings is 2. The molecule has 37 heavy (non-hydrogen) atoms. The molecule has 4 rings (SSSR count). The predicted octanol–water partition coefficient (Wildman–Crippen LogP) is 6.21. The van der Waals surface area contributed by atoms with Crippen molar-refractivity contribution in [1.29, 1.82) is 5.26 Å². The van der Waals surface area contributed by atoms with Crippen LogP contribution in [-0.2, 0) is 4.79 Å². The first-order valence-electron chi connectivity index (χ1n) is 11.7. The molecule has 0 aliphatic heterocycles. The molecule has 1 atom stereocenters. The third-order valence-corrected chi connectivity index (χ3v) is 7.08. The number of nitriles is 1. The van der Waals surface area contributed by atoms with E-state index >= 15 is 0 Å². The number of ether oxygens (including phenoxy) is 2. The summed E-state index contributed by atoms with van der Waals surface area (Å²) in [5.41, 5.74) is 3.96. The summed E-state index contributed by atoms with van der Waals surface area (Å²) in [5, 5.41) is 13.2. The van der Waals surface area contributed by atoms with E-state index in [0.29, 0.717) is 51.0 Å². The van der Waals surface area contributed by atoms with E-state index < -0.39 is 5.25 Å². The molecular formula is C29H26N4O3S. The maximum atomic E-state index is 13.1. The molecule has 1 N–H and O–H groups in total. The van der Waals surface area contributed by atoms with Crippen LogP contribution in [0.4, 0.5) is 5.69 Å². The number of anilines is 1. The molecule has 0 saturated heterocycles. The van der Waals surface area contributed by atoms with Crippen LogP contribution in [0.3, 0.4) is 0 Å². The molecule has 2 aromatic carbocycles. The molecule has 1 unspecified atom stereocenters. The molecule has 8 heteroatoms. The fourth-order valence-electron chi connectivity index (χ4n) is 3.82. The van der Waals surface area contributed by atoms with Crippen LogP contribution in [0.2, 0.25) is 0 Å². The van der Waals surface area contributed by atoms with Gasteiger partial charge in [-0.3, -0.25) is 9.78 Å². The van der Waals surface area contributed by atoms with E-state index in [1.165, 1.54) is 11.8 Å². The summed E-state index contributed by atoms with van der Waals surface area (Å²) in [4.78, 5) is 22.0. The van der Waals surface area contributed by atoms with E-state index in [4.69, 9.17) is 14.5 Å². The second-order valence-electron chi connectivity index (χ2n) is 8.02. The molecule has 7 nitrogen and oxygen atoms in total. The van der Waals surface area contributed by atoms with Gasteiger partial charge in [-0.15, -0.1) is 0 Å². The third kappa shape index (κ3) is 5.90. The summed E-state index contributed by atoms with van der Waals surface area (Å²) >= 11 is 1.27. The van der Waals surface area contributed by atoms with Gasteiger partial charge >= 0.3 is 0 Å². The highest BCUT2D eigenvalue weighted by Crippen LogP contribution is 2.41. The molecule has 0 aliphatic carbocycles. The predicted molar refractivity (Wildman–Crippen MR) is 146 cm³/mol. The van der Waals surface area contributed by atoms with Crippen LogP contribution in [-0.4, -0.2) is 35.3 Å². The highest BCUT2D eigenvalue weighted by molar-refractivity contribution is 8.00. The lowest BCUT2D eigenvalue weighted by Gasteiger charge is -2.18. The fraction of sp³-hybridized carbons (Fsp3) is 0.172. The zero-order valence-corrected chi connectivity index (χ0v) is 21.6. The molecule has 0 radical (unpaired) electrons. The Labute approximate surface area is 220 Å². The van der Waals surface area contributed by atoms with Gasteiger partial charge in [0.05, 0.1) is 30.7 Å². The van der Waals surface area contributed by atoms with Crippen LogP contribution in [0.1, 0.15) is 18.9 Å². The number of methoxy groups -OCH3 is 2. The van der Waals surface area contributed by atoms with Crippen molar-refractivity contribution in [2.45, 2.75) is 23.6 Å². The third-order valence-electron chi connectivity index (χ3n) is 5.73. The average Bonchev–Trinajstić information content (AvgIpc) is 2.95. The molecule has 2 aromatic heterocycles. The lowest BCUT2D eigenvalue weighted by atomic mass is 9.98. The Bertz CT molecular complexity index is 1420. The highest BCUT2D eigenvalue weighted by atomic mass is 32.2. The Morgan fingerprint density at radius 2 is 1.78 bits per heavy atom. The van der Waals surface area contributed by atoms with Gasteiger partial charge < -0.3 is 14.8 Å². The van der Waals surface area contributed by atoms with Crippen molar-refractivity contribution in [3.63, 3.8) is 0 Å². The minimum atomic E-state index is -0.473. The van der Waals surface area contributed by atoms with Crippen LogP contribution in [0.5, 0.6) is 11.5 Å². The van der Waals surface area contributed by atoms with Crippen LogP contribution < -0.4 is 14.8 Å². The first kappa shape index (κ1) is 25.7. The molecule has 2 heterocycles. The number of thioether (sulfide) groups is 1. The summed E-state index contributed by atoms with van der Waals surface area (Å²) in [7, 11) is 3.18. The largest absolute Gasteiger partial charge is 0.497 e. The summed E-state index contributed by atoms with van der Waals surface area (Å²) in [6.07, 6.45) is 3.79. The lowest BCUT2D eigenvalue weighted by molar-refractivity contribution is -0.115. The van der Waals surface area contributed by atoms with Crippen LogP contribution in [0, 0.1) is 11.3 Å². The van der Waals surface area contributed by atoms with Crippen molar-refractivity contribution in [2.75, 3.05) is 19.5 Å². The zero-order chi connectivity index (χ0) is 26.2. The van der Waals surface area contributed by atoms with Gasteiger partial charge in [0, 0.05) is 34.8 Å². The van der Waals surface area contributed by atoms with Gasteiger partial charge in [0.25, 0.3) is 0 Å². The summed E-state index contributed by atoms with van der Waals surface area (Å²) < 4.78 is 11.1. The number of amides is 1. The van der Waals surface area contributed by atoms with E-state index in [9.17, 15) is 10.1 Å². The second kappa shape index (κ2) is 12.1. The Kier molecular flexibility index (Phi) is 8.39. The van der Waals surface area contributed by atoms with Crippen molar-refractivity contribution in [3.8, 4) is 40.0 Å². The standard InChI is InChI=1S/C29H26N4O3S/c1-4-27(28(34)32-20-12-14-31-15-13-20)37-29-24(18-30)22(17-25(33-29)19-8-6-5-7-9-19)23-16-21(35-2)10-11-26(23)36-3/h5-17,27H,4H2,1-3H3,(H,31,32,34). The van der Waals surface area contributed by atoms with Crippen LogP contribution in [0.15, 0.2) is 84.1 Å². The number of hydrogen-bond donors (Lipinski definition) is 1. The lowest BCUT2D eigenvalue weighted by Crippen LogP contribution is -2.24. The minimum Gasteiger partial charge on any atom is -0.497 e. The van der Waals surface area contributed by atoms with Crippen molar-refractivity contribution in [2.24, 2.45) is 0 Å². The molecule has 0 saturated carbocycles. The molecule has 4 aromatic rings. The van der Waals surface area contributed by atoms with Crippen LogP contribution in [0.25, 0.3) is 22.4 Å². The number of carbonyl (C=O) groups is 1. The van der Waals surface area contributed by atoms with Crippen molar-refractivity contribution >= 4 is 23.4 Å². The number of hydrogen-bond acceptors (Lipinski definition) is 7. The van der Waals surface area contributed by atoms with Crippen LogP contribution >= 0.6 is 11.8 Å². The molecule has 0 aliphatic rings. The van der Waals surface area contributed by atoms with E-state index in [1.807, 2.05) is 55.5 Å². The number of nitrogens with one attached hydrogen (secondary N) is 1. The quantitative estimate of drug-likeness (QED) is 0.267. The van der Waals surface area contributed by atoms with Crippen molar-refractivity contribution < 1.29 is 14.3 Å². The average molecular weight is 511 g/mol. The fourth-order valence-corrected chi connectivity index (χ4v) is 4.85. The molecular weight excluding hydrogens is 484 g/mol. The molecule has 0 bridgehead atoms. The molecule has 186 valence electrons. The van der Waals surface area contributed by atoms with E-state index in [2.05, 4.69) is 16.4 Å². The van der Waals surface area contributed by atoms with E-state index in [0.717, 1.165) is 5.56 Å². The van der Waals surface area contributed by atoms with Gasteiger partial charge in [-0.2, -0.15) is 5.26 Å². The zero-order valence-electron chi connectivity index (χ0n) is 20.8. The van der Waals surface area contributed by atoms with Gasteiger partial charge in [-0.05, 0) is 42.8 Å². The number of nitrogens with zero attached hydrogens (tertiary/aromatic N) is 3. The number of carbonyl (C=O) groups excluding carboxylic acids is 1. The number of rotatable bonds is 9.